The molecule has 1 aromatic heterocycles. The van der Waals surface area contributed by atoms with Gasteiger partial charge in [0, 0.05) is 48.1 Å². The lowest BCUT2D eigenvalue weighted by atomic mass is 9.77. The molecule has 0 bridgehead atoms. The minimum atomic E-state index is -0.489. The minimum Gasteiger partial charge on any atom is -0.481 e. The Morgan fingerprint density at radius 1 is 1.07 bits per heavy atom. The third-order valence-corrected chi connectivity index (χ3v) is 8.23. The molecule has 0 atom stereocenters. The third kappa shape index (κ3) is 5.99. The van der Waals surface area contributed by atoms with Crippen LogP contribution in [0, 0.1) is 5.82 Å². The number of nitrogens with zero attached hydrogens (tertiary/aromatic N) is 4. The molecule has 3 heterocycles. The summed E-state index contributed by atoms with van der Waals surface area (Å²) < 4.78 is 26.9. The number of nitrogens with one attached hydrogen (secondary N) is 2. The second-order valence-corrected chi connectivity index (χ2v) is 12.0. The second-order valence-electron chi connectivity index (χ2n) is 12.0. The van der Waals surface area contributed by atoms with E-state index in [1.165, 1.54) is 0 Å². The van der Waals surface area contributed by atoms with Crippen molar-refractivity contribution in [3.63, 3.8) is 0 Å². The topological polar surface area (TPSA) is 91.8 Å². The van der Waals surface area contributed by atoms with Gasteiger partial charge in [-0.2, -0.15) is 4.98 Å². The van der Waals surface area contributed by atoms with Crippen LogP contribution in [0.3, 0.4) is 0 Å². The molecule has 1 fully saturated rings. The number of fused-ring (bicyclic) bond motifs is 1. The number of methoxy groups -OCH3 is 1. The average Bonchev–Trinajstić information content (AvgIpc) is 2.93. The van der Waals surface area contributed by atoms with Gasteiger partial charge in [0.05, 0.1) is 12.3 Å². The molecule has 0 spiro atoms. The summed E-state index contributed by atoms with van der Waals surface area (Å²) in [6.07, 6.45) is 1.67. The Kier molecular flexibility index (Phi) is 7.89. The Balaban J connectivity index is 1.47. The maximum absolute atomic E-state index is 16.0. The van der Waals surface area contributed by atoms with E-state index in [0.717, 1.165) is 12.8 Å². The fraction of sp³-hybridized carbons (Fsp3) is 0.452. The van der Waals surface area contributed by atoms with E-state index in [-0.39, 0.29) is 47.1 Å². The summed E-state index contributed by atoms with van der Waals surface area (Å²) in [7, 11) is 3.74. The Morgan fingerprint density at radius 3 is 2.46 bits per heavy atom. The maximum Gasteiger partial charge on any atom is 0.265 e. The lowest BCUT2D eigenvalue weighted by Gasteiger charge is -2.53. The van der Waals surface area contributed by atoms with Crippen molar-refractivity contribution in [1.82, 2.24) is 14.9 Å². The van der Waals surface area contributed by atoms with Crippen LogP contribution < -0.4 is 20.3 Å². The van der Waals surface area contributed by atoms with Crippen LogP contribution in [0.25, 0.3) is 11.3 Å². The highest BCUT2D eigenvalue weighted by Gasteiger charge is 2.43. The molecular weight excluding hydrogens is 523 g/mol. The Morgan fingerprint density at radius 2 is 1.78 bits per heavy atom. The first-order valence-electron chi connectivity index (χ1n) is 13.9. The van der Waals surface area contributed by atoms with Crippen molar-refractivity contribution in [1.29, 1.82) is 0 Å². The van der Waals surface area contributed by atoms with Crippen molar-refractivity contribution < 1.29 is 18.7 Å². The van der Waals surface area contributed by atoms with E-state index >= 15 is 4.39 Å². The van der Waals surface area contributed by atoms with E-state index in [4.69, 9.17) is 9.47 Å². The highest BCUT2D eigenvalue weighted by atomic mass is 19.1. The van der Waals surface area contributed by atoms with Gasteiger partial charge in [0.25, 0.3) is 5.91 Å². The van der Waals surface area contributed by atoms with E-state index in [2.05, 4.69) is 60.2 Å². The van der Waals surface area contributed by atoms with Crippen molar-refractivity contribution in [2.75, 3.05) is 49.4 Å². The number of carbonyl (C=O) groups is 1. The zero-order valence-corrected chi connectivity index (χ0v) is 24.6. The minimum absolute atomic E-state index is 0.0184. The first-order chi connectivity index (χ1) is 19.5. The Bertz CT molecular complexity index is 1400. The number of benzene rings is 2. The fourth-order valence-corrected chi connectivity index (χ4v) is 5.89. The van der Waals surface area contributed by atoms with E-state index in [9.17, 15) is 4.79 Å². The van der Waals surface area contributed by atoms with Crippen LogP contribution in [0.5, 0.6) is 5.75 Å². The SMILES string of the molecule is COCCN1C(=O)COc2cc(Nc3nc(NC4CC(C)(C)N(C)C(C)(C)C4)c(F)c(-c4ccccc4)n3)ccc21. The number of piperidine rings is 1. The number of aromatic nitrogens is 2. The molecule has 0 unspecified atom stereocenters. The number of hydrogen-bond acceptors (Lipinski definition) is 8. The molecule has 5 rings (SSSR count). The lowest BCUT2D eigenvalue weighted by Crippen LogP contribution is -2.61. The molecule has 0 aliphatic carbocycles. The highest BCUT2D eigenvalue weighted by Crippen LogP contribution is 2.39. The molecule has 9 nitrogen and oxygen atoms in total. The second kappa shape index (κ2) is 11.3. The summed E-state index contributed by atoms with van der Waals surface area (Å²) in [5, 5.41) is 6.66. The molecule has 3 aromatic rings. The molecule has 0 saturated carbocycles. The first-order valence-corrected chi connectivity index (χ1v) is 13.9. The van der Waals surface area contributed by atoms with Gasteiger partial charge in [-0.3, -0.25) is 9.69 Å². The molecule has 2 aromatic carbocycles. The van der Waals surface area contributed by atoms with Crippen LogP contribution in [0.2, 0.25) is 0 Å². The van der Waals surface area contributed by atoms with E-state index < -0.39 is 5.82 Å². The Hall–Kier alpha value is -3.76. The Labute approximate surface area is 241 Å². The molecule has 2 N–H and O–H groups in total. The number of halogens is 1. The van der Waals surface area contributed by atoms with Gasteiger partial charge in [0.1, 0.15) is 11.4 Å². The predicted molar refractivity (Wildman–Crippen MR) is 159 cm³/mol. The van der Waals surface area contributed by atoms with E-state index in [0.29, 0.717) is 35.8 Å². The third-order valence-electron chi connectivity index (χ3n) is 8.23. The molecule has 10 heteroatoms. The summed E-state index contributed by atoms with van der Waals surface area (Å²) in [6, 6.07) is 14.7. The van der Waals surface area contributed by atoms with E-state index in [1.807, 2.05) is 42.5 Å². The number of carbonyl (C=O) groups excluding carboxylic acids is 1. The summed E-state index contributed by atoms with van der Waals surface area (Å²) in [4.78, 5) is 25.6. The largest absolute Gasteiger partial charge is 0.481 e. The first kappa shape index (κ1) is 28.8. The molecule has 1 amide bonds. The van der Waals surface area contributed by atoms with Crippen molar-refractivity contribution in [3.05, 3.63) is 54.3 Å². The molecule has 41 heavy (non-hydrogen) atoms. The fourth-order valence-electron chi connectivity index (χ4n) is 5.89. The zero-order valence-electron chi connectivity index (χ0n) is 24.6. The summed E-state index contributed by atoms with van der Waals surface area (Å²) in [5.74, 6) is 0.360. The lowest BCUT2D eigenvalue weighted by molar-refractivity contribution is -0.121. The van der Waals surface area contributed by atoms with Gasteiger partial charge in [0.15, 0.2) is 18.2 Å². The van der Waals surface area contributed by atoms with Gasteiger partial charge in [-0.15, -0.1) is 0 Å². The van der Waals surface area contributed by atoms with Gasteiger partial charge < -0.3 is 25.0 Å². The van der Waals surface area contributed by atoms with Crippen molar-refractivity contribution in [2.45, 2.75) is 57.7 Å². The van der Waals surface area contributed by atoms with Crippen molar-refractivity contribution in [3.8, 4) is 17.0 Å². The van der Waals surface area contributed by atoms with E-state index in [1.54, 1.807) is 18.1 Å². The van der Waals surface area contributed by atoms with Crippen molar-refractivity contribution in [2.24, 2.45) is 0 Å². The highest BCUT2D eigenvalue weighted by molar-refractivity contribution is 5.98. The van der Waals surface area contributed by atoms with Gasteiger partial charge in [-0.25, -0.2) is 9.37 Å². The standard InChI is InChI=1S/C31H39FN6O3/c1-30(2)17-22(18-31(3,4)37(30)5)33-28-26(32)27(20-10-8-7-9-11-20)35-29(36-28)34-21-12-13-23-24(16-21)41-19-25(39)38(23)14-15-40-6/h7-13,16,22H,14-15,17-19H2,1-6H3,(H2,33,34,35,36). The summed E-state index contributed by atoms with van der Waals surface area (Å²) in [6.45, 7) is 9.64. The van der Waals surface area contributed by atoms with Crippen LogP contribution >= 0.6 is 0 Å². The predicted octanol–water partition coefficient (Wildman–Crippen LogP) is 5.46. The van der Waals surface area contributed by atoms with Gasteiger partial charge >= 0.3 is 0 Å². The molecule has 218 valence electrons. The van der Waals surface area contributed by atoms with Gasteiger partial charge in [0.2, 0.25) is 5.95 Å². The molecular formula is C31H39FN6O3. The summed E-state index contributed by atoms with van der Waals surface area (Å²) in [5.41, 5.74) is 2.04. The number of likely N-dealkylation sites (tertiary alicyclic amines) is 1. The summed E-state index contributed by atoms with van der Waals surface area (Å²) >= 11 is 0. The molecule has 2 aliphatic rings. The number of anilines is 4. The van der Waals surface area contributed by atoms with Crippen LogP contribution in [0.15, 0.2) is 48.5 Å². The molecule has 0 radical (unpaired) electrons. The van der Waals surface area contributed by atoms with Crippen LogP contribution in [-0.4, -0.2) is 71.8 Å². The average molecular weight is 563 g/mol. The molecule has 2 aliphatic heterocycles. The van der Waals surface area contributed by atoms with Crippen LogP contribution in [0.1, 0.15) is 40.5 Å². The number of amides is 1. The van der Waals surface area contributed by atoms with Gasteiger partial charge in [-0.1, -0.05) is 30.3 Å². The quantitative estimate of drug-likeness (QED) is 0.374. The molecule has 1 saturated heterocycles. The van der Waals surface area contributed by atoms with Crippen LogP contribution in [0.4, 0.5) is 27.5 Å². The number of hydrogen-bond donors (Lipinski definition) is 2. The van der Waals surface area contributed by atoms with Crippen LogP contribution in [-0.2, 0) is 9.53 Å². The normalized spacial score (nSPS) is 18.5. The monoisotopic (exact) mass is 562 g/mol. The zero-order chi connectivity index (χ0) is 29.4. The van der Waals surface area contributed by atoms with Gasteiger partial charge in [-0.05, 0) is 59.7 Å². The number of rotatable bonds is 8. The smallest absolute Gasteiger partial charge is 0.265 e. The maximum atomic E-state index is 16.0. The van der Waals surface area contributed by atoms with Crippen molar-refractivity contribution >= 4 is 29.0 Å². The number of ether oxygens (including phenoxy) is 2.